The van der Waals surface area contributed by atoms with Gasteiger partial charge in [-0.15, -0.1) is 11.3 Å². The Morgan fingerprint density at radius 1 is 1.47 bits per heavy atom. The molecule has 1 N–H and O–H groups in total. The van der Waals surface area contributed by atoms with Crippen molar-refractivity contribution in [2.45, 2.75) is 19.4 Å². The van der Waals surface area contributed by atoms with Gasteiger partial charge in [-0.2, -0.15) is 0 Å². The van der Waals surface area contributed by atoms with Crippen molar-refractivity contribution in [2.75, 3.05) is 39.4 Å². The number of thiophene rings is 1. The molecule has 1 saturated heterocycles. The van der Waals surface area contributed by atoms with Gasteiger partial charge < -0.3 is 10.1 Å². The van der Waals surface area contributed by atoms with Crippen LogP contribution < -0.4 is 5.32 Å². The minimum atomic E-state index is 0.565. The molecule has 0 aliphatic carbocycles. The zero-order valence-corrected chi connectivity index (χ0v) is 11.3. The SMILES string of the molecule is CC(Cc1cccs1)NCCN1CCOCC1. The number of nitrogens with zero attached hydrogens (tertiary/aromatic N) is 1. The van der Waals surface area contributed by atoms with Gasteiger partial charge in [0.15, 0.2) is 0 Å². The van der Waals surface area contributed by atoms with Gasteiger partial charge in [0.05, 0.1) is 13.2 Å². The van der Waals surface area contributed by atoms with E-state index >= 15 is 0 Å². The van der Waals surface area contributed by atoms with Crippen molar-refractivity contribution >= 4 is 11.3 Å². The Bertz CT molecular complexity index is 296. The lowest BCUT2D eigenvalue weighted by molar-refractivity contribution is 0.0382. The Kier molecular flexibility index (Phi) is 5.45. The van der Waals surface area contributed by atoms with Crippen molar-refractivity contribution in [3.8, 4) is 0 Å². The lowest BCUT2D eigenvalue weighted by Gasteiger charge is -2.27. The normalized spacial score (nSPS) is 19.4. The van der Waals surface area contributed by atoms with E-state index in [4.69, 9.17) is 4.74 Å². The van der Waals surface area contributed by atoms with Crippen LogP contribution in [-0.4, -0.2) is 50.3 Å². The second-order valence-electron chi connectivity index (χ2n) is 4.59. The fourth-order valence-electron chi connectivity index (χ4n) is 2.10. The van der Waals surface area contributed by atoms with Crippen molar-refractivity contribution in [3.05, 3.63) is 22.4 Å². The summed E-state index contributed by atoms with van der Waals surface area (Å²) < 4.78 is 5.34. The molecule has 1 fully saturated rings. The molecule has 3 nitrogen and oxygen atoms in total. The summed E-state index contributed by atoms with van der Waals surface area (Å²) in [5.41, 5.74) is 0. The van der Waals surface area contributed by atoms with Crippen molar-refractivity contribution in [1.29, 1.82) is 0 Å². The average molecular weight is 254 g/mol. The van der Waals surface area contributed by atoms with Gasteiger partial charge >= 0.3 is 0 Å². The molecule has 0 spiro atoms. The first kappa shape index (κ1) is 13.0. The van der Waals surface area contributed by atoms with Crippen LogP contribution >= 0.6 is 11.3 Å². The van der Waals surface area contributed by atoms with Gasteiger partial charge in [0, 0.05) is 37.1 Å². The Hall–Kier alpha value is -0.420. The topological polar surface area (TPSA) is 24.5 Å². The molecule has 1 aliphatic rings. The predicted octanol–water partition coefficient (Wildman–Crippen LogP) is 1.60. The van der Waals surface area contributed by atoms with Crippen molar-refractivity contribution in [3.63, 3.8) is 0 Å². The van der Waals surface area contributed by atoms with Crippen LogP contribution in [0.1, 0.15) is 11.8 Å². The first-order chi connectivity index (χ1) is 8.34. The minimum absolute atomic E-state index is 0.565. The van der Waals surface area contributed by atoms with Crippen molar-refractivity contribution in [2.24, 2.45) is 0 Å². The second kappa shape index (κ2) is 7.11. The van der Waals surface area contributed by atoms with Crippen LogP contribution in [0.3, 0.4) is 0 Å². The van der Waals surface area contributed by atoms with Crippen LogP contribution in [0.25, 0.3) is 0 Å². The molecule has 4 heteroatoms. The van der Waals surface area contributed by atoms with E-state index in [1.165, 1.54) is 4.88 Å². The predicted molar refractivity (Wildman–Crippen MR) is 72.7 cm³/mol. The zero-order valence-electron chi connectivity index (χ0n) is 10.5. The van der Waals surface area contributed by atoms with E-state index in [1.54, 1.807) is 0 Å². The summed E-state index contributed by atoms with van der Waals surface area (Å²) >= 11 is 1.85. The number of ether oxygens (including phenoxy) is 1. The van der Waals surface area contributed by atoms with Crippen LogP contribution in [0.5, 0.6) is 0 Å². The fourth-order valence-corrected chi connectivity index (χ4v) is 2.93. The Morgan fingerprint density at radius 3 is 3.00 bits per heavy atom. The maximum atomic E-state index is 5.34. The number of rotatable bonds is 6. The number of nitrogens with one attached hydrogen (secondary N) is 1. The van der Waals surface area contributed by atoms with Crippen LogP contribution in [0.15, 0.2) is 17.5 Å². The van der Waals surface area contributed by atoms with Crippen LogP contribution in [0.2, 0.25) is 0 Å². The van der Waals surface area contributed by atoms with Gasteiger partial charge in [0.2, 0.25) is 0 Å². The molecule has 0 saturated carbocycles. The maximum Gasteiger partial charge on any atom is 0.0594 e. The van der Waals surface area contributed by atoms with Gasteiger partial charge in [0.1, 0.15) is 0 Å². The molecule has 96 valence electrons. The molecule has 0 bridgehead atoms. The summed E-state index contributed by atoms with van der Waals surface area (Å²) in [6.45, 7) is 8.43. The Morgan fingerprint density at radius 2 is 2.29 bits per heavy atom. The number of morpholine rings is 1. The fraction of sp³-hybridized carbons (Fsp3) is 0.692. The van der Waals surface area contributed by atoms with E-state index in [0.717, 1.165) is 45.8 Å². The van der Waals surface area contributed by atoms with Crippen molar-refractivity contribution in [1.82, 2.24) is 10.2 Å². The molecule has 0 amide bonds. The van der Waals surface area contributed by atoms with Gasteiger partial charge in [-0.3, -0.25) is 4.90 Å². The molecule has 1 unspecified atom stereocenters. The first-order valence-corrected chi connectivity index (χ1v) is 7.28. The molecule has 1 atom stereocenters. The number of hydrogen-bond acceptors (Lipinski definition) is 4. The summed E-state index contributed by atoms with van der Waals surface area (Å²) in [6, 6.07) is 4.90. The molecule has 17 heavy (non-hydrogen) atoms. The molecule has 0 aromatic carbocycles. The molecule has 2 heterocycles. The van der Waals surface area contributed by atoms with Gasteiger partial charge in [-0.25, -0.2) is 0 Å². The van der Waals surface area contributed by atoms with E-state index in [0.29, 0.717) is 6.04 Å². The molecule has 0 radical (unpaired) electrons. The smallest absolute Gasteiger partial charge is 0.0594 e. The van der Waals surface area contributed by atoms with E-state index in [9.17, 15) is 0 Å². The third-order valence-corrected chi connectivity index (χ3v) is 4.01. The Balaban J connectivity index is 1.58. The molecular weight excluding hydrogens is 232 g/mol. The van der Waals surface area contributed by atoms with Crippen LogP contribution in [0.4, 0.5) is 0 Å². The van der Waals surface area contributed by atoms with Crippen LogP contribution in [0, 0.1) is 0 Å². The summed E-state index contributed by atoms with van der Waals surface area (Å²) in [5, 5.41) is 5.74. The van der Waals surface area contributed by atoms with E-state index < -0.39 is 0 Å². The second-order valence-corrected chi connectivity index (χ2v) is 5.62. The molecular formula is C13H22N2OS. The van der Waals surface area contributed by atoms with E-state index in [2.05, 4.69) is 34.7 Å². The summed E-state index contributed by atoms with van der Waals surface area (Å²) in [5.74, 6) is 0. The maximum absolute atomic E-state index is 5.34. The van der Waals surface area contributed by atoms with Gasteiger partial charge in [-0.05, 0) is 24.8 Å². The summed E-state index contributed by atoms with van der Waals surface area (Å²) in [4.78, 5) is 3.94. The molecule has 1 aromatic heterocycles. The third kappa shape index (κ3) is 4.76. The number of hydrogen-bond donors (Lipinski definition) is 1. The largest absolute Gasteiger partial charge is 0.379 e. The van der Waals surface area contributed by atoms with Crippen LogP contribution in [-0.2, 0) is 11.2 Å². The lowest BCUT2D eigenvalue weighted by Crippen LogP contribution is -2.42. The highest BCUT2D eigenvalue weighted by Crippen LogP contribution is 2.10. The van der Waals surface area contributed by atoms with E-state index in [1.807, 2.05) is 11.3 Å². The highest BCUT2D eigenvalue weighted by Gasteiger charge is 2.10. The highest BCUT2D eigenvalue weighted by molar-refractivity contribution is 7.09. The summed E-state index contributed by atoms with van der Waals surface area (Å²) in [7, 11) is 0. The summed E-state index contributed by atoms with van der Waals surface area (Å²) in [6.07, 6.45) is 1.14. The molecule has 2 rings (SSSR count). The lowest BCUT2D eigenvalue weighted by atomic mass is 10.2. The highest BCUT2D eigenvalue weighted by atomic mass is 32.1. The molecule has 1 aliphatic heterocycles. The van der Waals surface area contributed by atoms with Crippen molar-refractivity contribution < 1.29 is 4.74 Å². The molecule has 1 aromatic rings. The Labute approximate surface area is 108 Å². The first-order valence-electron chi connectivity index (χ1n) is 6.40. The van der Waals surface area contributed by atoms with E-state index in [-0.39, 0.29) is 0 Å². The average Bonchev–Trinajstić information content (AvgIpc) is 2.83. The minimum Gasteiger partial charge on any atom is -0.379 e. The van der Waals surface area contributed by atoms with Gasteiger partial charge in [-0.1, -0.05) is 6.07 Å². The standard InChI is InChI=1S/C13H22N2OS/c1-12(11-13-3-2-10-17-13)14-4-5-15-6-8-16-9-7-15/h2-3,10,12,14H,4-9,11H2,1H3. The quantitative estimate of drug-likeness (QED) is 0.834. The monoisotopic (exact) mass is 254 g/mol. The van der Waals surface area contributed by atoms with Gasteiger partial charge in [0.25, 0.3) is 0 Å². The third-order valence-electron chi connectivity index (χ3n) is 3.11. The zero-order chi connectivity index (χ0) is 11.9.